The summed E-state index contributed by atoms with van der Waals surface area (Å²) in [6.07, 6.45) is 4.24. The Bertz CT molecular complexity index is 1030. The van der Waals surface area contributed by atoms with E-state index < -0.39 is 5.54 Å². The van der Waals surface area contributed by atoms with E-state index in [4.69, 9.17) is 9.73 Å². The SMILES string of the molecule is CCCCC1=NC2(CCOCC2)C(=O)N1Cc1ccc(-c2cc(Br)ccc2C#N)cc1. The summed E-state index contributed by atoms with van der Waals surface area (Å²) >= 11 is 3.49. The number of aliphatic imine (C=N–C) groups is 1. The van der Waals surface area contributed by atoms with Crippen molar-refractivity contribution in [3.63, 3.8) is 0 Å². The Morgan fingerprint density at radius 2 is 1.94 bits per heavy atom. The molecule has 1 amide bonds. The maximum absolute atomic E-state index is 13.4. The summed E-state index contributed by atoms with van der Waals surface area (Å²) in [4.78, 5) is 20.2. The van der Waals surface area contributed by atoms with Gasteiger partial charge in [0.2, 0.25) is 0 Å². The van der Waals surface area contributed by atoms with Crippen LogP contribution >= 0.6 is 15.9 Å². The highest BCUT2D eigenvalue weighted by atomic mass is 79.9. The van der Waals surface area contributed by atoms with Gasteiger partial charge in [-0.1, -0.05) is 53.5 Å². The number of halogens is 1. The summed E-state index contributed by atoms with van der Waals surface area (Å²) in [7, 11) is 0. The first-order valence-electron chi connectivity index (χ1n) is 10.8. The maximum atomic E-state index is 13.4. The molecule has 31 heavy (non-hydrogen) atoms. The Balaban J connectivity index is 1.57. The second-order valence-corrected chi connectivity index (χ2v) is 9.08. The van der Waals surface area contributed by atoms with E-state index in [9.17, 15) is 10.1 Å². The van der Waals surface area contributed by atoms with Gasteiger partial charge in [0.05, 0.1) is 18.2 Å². The van der Waals surface area contributed by atoms with Crippen molar-refractivity contribution in [2.45, 2.75) is 51.1 Å². The summed E-state index contributed by atoms with van der Waals surface area (Å²) in [6.45, 7) is 3.86. The number of hydrogen-bond acceptors (Lipinski definition) is 4. The van der Waals surface area contributed by atoms with Crippen LogP contribution in [-0.4, -0.2) is 35.4 Å². The molecule has 4 rings (SSSR count). The molecule has 1 fully saturated rings. The first-order valence-corrected chi connectivity index (χ1v) is 11.6. The fourth-order valence-electron chi connectivity index (χ4n) is 4.27. The number of carbonyl (C=O) groups is 1. The van der Waals surface area contributed by atoms with Gasteiger partial charge in [-0.15, -0.1) is 0 Å². The maximum Gasteiger partial charge on any atom is 0.256 e. The van der Waals surface area contributed by atoms with Crippen molar-refractivity contribution in [2.24, 2.45) is 4.99 Å². The van der Waals surface area contributed by atoms with Crippen LogP contribution in [0.15, 0.2) is 51.9 Å². The van der Waals surface area contributed by atoms with Crippen LogP contribution in [0.25, 0.3) is 11.1 Å². The minimum atomic E-state index is -0.626. The summed E-state index contributed by atoms with van der Waals surface area (Å²) in [6, 6.07) is 16.0. The lowest BCUT2D eigenvalue weighted by molar-refractivity contribution is -0.134. The molecule has 2 aromatic carbocycles. The van der Waals surface area contributed by atoms with Crippen LogP contribution < -0.4 is 0 Å². The number of nitriles is 1. The second-order valence-electron chi connectivity index (χ2n) is 8.17. The molecule has 0 radical (unpaired) electrons. The molecule has 1 spiro atoms. The van der Waals surface area contributed by atoms with Gasteiger partial charge in [0.25, 0.3) is 5.91 Å². The second kappa shape index (κ2) is 9.33. The number of rotatable bonds is 6. The number of amidine groups is 1. The van der Waals surface area contributed by atoms with Crippen LogP contribution in [0.4, 0.5) is 0 Å². The number of nitrogens with zero attached hydrogens (tertiary/aromatic N) is 3. The molecule has 160 valence electrons. The number of hydrogen-bond donors (Lipinski definition) is 0. The third kappa shape index (κ3) is 4.44. The van der Waals surface area contributed by atoms with Gasteiger partial charge in [0, 0.05) is 42.5 Å². The monoisotopic (exact) mass is 479 g/mol. The van der Waals surface area contributed by atoms with Crippen LogP contribution in [0.1, 0.15) is 50.2 Å². The zero-order valence-electron chi connectivity index (χ0n) is 17.7. The third-order valence-electron chi connectivity index (χ3n) is 6.08. The van der Waals surface area contributed by atoms with E-state index in [-0.39, 0.29) is 5.91 Å². The van der Waals surface area contributed by atoms with E-state index in [0.29, 0.717) is 38.2 Å². The van der Waals surface area contributed by atoms with E-state index in [2.05, 4.69) is 28.9 Å². The van der Waals surface area contributed by atoms with E-state index in [1.807, 2.05) is 47.4 Å². The summed E-state index contributed by atoms with van der Waals surface area (Å²) in [5.74, 6) is 1.03. The molecule has 0 unspecified atom stereocenters. The molecular formula is C25H26BrN3O2. The standard InChI is InChI=1S/C25H26BrN3O2/c1-2-3-4-23-28-25(11-13-31-14-12-25)24(30)29(23)17-18-5-7-19(8-6-18)22-15-21(26)10-9-20(22)16-27/h5-10,15H,2-4,11-14,17H2,1H3. The van der Waals surface area contributed by atoms with Crippen molar-refractivity contribution in [1.29, 1.82) is 5.26 Å². The zero-order valence-corrected chi connectivity index (χ0v) is 19.3. The minimum Gasteiger partial charge on any atom is -0.381 e. The third-order valence-corrected chi connectivity index (χ3v) is 6.57. The molecule has 0 N–H and O–H groups in total. The number of amides is 1. The van der Waals surface area contributed by atoms with Gasteiger partial charge >= 0.3 is 0 Å². The van der Waals surface area contributed by atoms with Gasteiger partial charge in [-0.2, -0.15) is 5.26 Å². The first-order chi connectivity index (χ1) is 15.1. The van der Waals surface area contributed by atoms with Crippen molar-refractivity contribution in [3.8, 4) is 17.2 Å². The average Bonchev–Trinajstić information content (AvgIpc) is 3.04. The fourth-order valence-corrected chi connectivity index (χ4v) is 4.63. The van der Waals surface area contributed by atoms with Crippen molar-refractivity contribution in [3.05, 3.63) is 58.1 Å². The van der Waals surface area contributed by atoms with Crippen LogP contribution in [0.3, 0.4) is 0 Å². The van der Waals surface area contributed by atoms with Crippen LogP contribution in [-0.2, 0) is 16.1 Å². The van der Waals surface area contributed by atoms with Crippen molar-refractivity contribution in [1.82, 2.24) is 4.90 Å². The normalized spacial score (nSPS) is 17.6. The highest BCUT2D eigenvalue weighted by molar-refractivity contribution is 9.10. The molecule has 2 aliphatic heterocycles. The molecule has 0 atom stereocenters. The van der Waals surface area contributed by atoms with E-state index in [1.54, 1.807) is 0 Å². The van der Waals surface area contributed by atoms with Gasteiger partial charge in [0.15, 0.2) is 0 Å². The molecule has 0 saturated carbocycles. The molecule has 0 aliphatic carbocycles. The van der Waals surface area contributed by atoms with Crippen LogP contribution in [0.2, 0.25) is 0 Å². The molecular weight excluding hydrogens is 454 g/mol. The molecule has 6 heteroatoms. The van der Waals surface area contributed by atoms with Crippen molar-refractivity contribution in [2.75, 3.05) is 13.2 Å². The fraction of sp³-hybridized carbons (Fsp3) is 0.400. The Hall–Kier alpha value is -2.49. The Labute approximate surface area is 191 Å². The topological polar surface area (TPSA) is 65.7 Å². The quantitative estimate of drug-likeness (QED) is 0.551. The van der Waals surface area contributed by atoms with Gasteiger partial charge in [-0.05, 0) is 35.7 Å². The lowest BCUT2D eigenvalue weighted by atomic mass is 9.90. The van der Waals surface area contributed by atoms with Crippen LogP contribution in [0, 0.1) is 11.3 Å². The number of benzene rings is 2. The highest BCUT2D eigenvalue weighted by Crippen LogP contribution is 2.35. The summed E-state index contributed by atoms with van der Waals surface area (Å²) in [5.41, 5.74) is 2.95. The molecule has 0 aromatic heterocycles. The van der Waals surface area contributed by atoms with Gasteiger partial charge in [-0.3, -0.25) is 14.7 Å². The lowest BCUT2D eigenvalue weighted by Crippen LogP contribution is -2.45. The Morgan fingerprint density at radius 1 is 1.19 bits per heavy atom. The van der Waals surface area contributed by atoms with Crippen LogP contribution in [0.5, 0.6) is 0 Å². The van der Waals surface area contributed by atoms with Gasteiger partial charge in [0.1, 0.15) is 11.4 Å². The molecule has 2 aromatic rings. The predicted octanol–water partition coefficient (Wildman–Crippen LogP) is 5.47. The smallest absolute Gasteiger partial charge is 0.256 e. The van der Waals surface area contributed by atoms with Gasteiger partial charge in [-0.25, -0.2) is 0 Å². The van der Waals surface area contributed by atoms with Gasteiger partial charge < -0.3 is 4.74 Å². The zero-order chi connectivity index (χ0) is 21.8. The molecule has 2 aliphatic rings. The Morgan fingerprint density at radius 3 is 2.61 bits per heavy atom. The highest BCUT2D eigenvalue weighted by Gasteiger charge is 2.48. The van der Waals surface area contributed by atoms with E-state index >= 15 is 0 Å². The predicted molar refractivity (Wildman–Crippen MR) is 125 cm³/mol. The van der Waals surface area contributed by atoms with E-state index in [0.717, 1.165) is 46.3 Å². The number of unbranched alkanes of at least 4 members (excludes halogenated alkanes) is 1. The molecule has 1 saturated heterocycles. The van der Waals surface area contributed by atoms with Crippen molar-refractivity contribution < 1.29 is 9.53 Å². The first kappa shape index (κ1) is 21.7. The lowest BCUT2D eigenvalue weighted by Gasteiger charge is -2.29. The molecule has 2 heterocycles. The number of carbonyl (C=O) groups excluding carboxylic acids is 1. The number of ether oxygens (including phenoxy) is 1. The van der Waals surface area contributed by atoms with E-state index in [1.165, 1.54) is 0 Å². The minimum absolute atomic E-state index is 0.115. The molecule has 0 bridgehead atoms. The Kier molecular flexibility index (Phi) is 6.54. The summed E-state index contributed by atoms with van der Waals surface area (Å²) in [5, 5.41) is 9.43. The average molecular weight is 480 g/mol. The summed E-state index contributed by atoms with van der Waals surface area (Å²) < 4.78 is 6.43. The molecule has 5 nitrogen and oxygen atoms in total. The largest absolute Gasteiger partial charge is 0.381 e. The van der Waals surface area contributed by atoms with Crippen molar-refractivity contribution >= 4 is 27.7 Å².